The molecule has 0 aliphatic carbocycles. The molecule has 94 valence electrons. The van der Waals surface area contributed by atoms with Gasteiger partial charge in [-0.05, 0) is 27.2 Å². The molecule has 0 radical (unpaired) electrons. The molecule has 0 aromatic heterocycles. The van der Waals surface area contributed by atoms with E-state index in [1.807, 2.05) is 20.8 Å². The Balaban J connectivity index is 3.75. The summed E-state index contributed by atoms with van der Waals surface area (Å²) in [5, 5.41) is 8.38. The molecule has 5 heteroatoms. The SMILES string of the molecule is CCCNC(=O)C(C)NCC(=O)NC(C)C. The summed E-state index contributed by atoms with van der Waals surface area (Å²) >= 11 is 0. The topological polar surface area (TPSA) is 70.2 Å². The normalized spacial score (nSPS) is 12.3. The number of carbonyl (C=O) groups is 2. The van der Waals surface area contributed by atoms with Crippen LogP contribution in [0.15, 0.2) is 0 Å². The van der Waals surface area contributed by atoms with Crippen molar-refractivity contribution in [3.05, 3.63) is 0 Å². The lowest BCUT2D eigenvalue weighted by atomic mass is 10.3. The zero-order chi connectivity index (χ0) is 12.6. The van der Waals surface area contributed by atoms with E-state index in [1.165, 1.54) is 0 Å². The molecular weight excluding hydrogens is 206 g/mol. The van der Waals surface area contributed by atoms with Crippen LogP contribution in [0, 0.1) is 0 Å². The van der Waals surface area contributed by atoms with Crippen LogP contribution in [0.2, 0.25) is 0 Å². The predicted molar refractivity (Wildman–Crippen MR) is 64.0 cm³/mol. The van der Waals surface area contributed by atoms with Crippen LogP contribution in [0.25, 0.3) is 0 Å². The van der Waals surface area contributed by atoms with E-state index in [0.717, 1.165) is 6.42 Å². The molecule has 0 bridgehead atoms. The lowest BCUT2D eigenvalue weighted by Gasteiger charge is -2.14. The van der Waals surface area contributed by atoms with Crippen molar-refractivity contribution >= 4 is 11.8 Å². The maximum absolute atomic E-state index is 11.4. The Hall–Kier alpha value is -1.10. The summed E-state index contributed by atoms with van der Waals surface area (Å²) in [5.74, 6) is -0.163. The fraction of sp³-hybridized carbons (Fsp3) is 0.818. The van der Waals surface area contributed by atoms with Gasteiger partial charge in [-0.1, -0.05) is 6.92 Å². The van der Waals surface area contributed by atoms with Gasteiger partial charge in [0.1, 0.15) is 0 Å². The summed E-state index contributed by atoms with van der Waals surface area (Å²) in [4.78, 5) is 22.7. The minimum atomic E-state index is -0.343. The third-order valence-corrected chi connectivity index (χ3v) is 1.96. The van der Waals surface area contributed by atoms with Crippen molar-refractivity contribution in [1.29, 1.82) is 0 Å². The number of amides is 2. The van der Waals surface area contributed by atoms with Crippen LogP contribution >= 0.6 is 0 Å². The van der Waals surface area contributed by atoms with Gasteiger partial charge in [0.2, 0.25) is 11.8 Å². The average molecular weight is 229 g/mol. The Morgan fingerprint density at radius 1 is 1.19 bits per heavy atom. The van der Waals surface area contributed by atoms with Gasteiger partial charge in [-0.3, -0.25) is 14.9 Å². The van der Waals surface area contributed by atoms with Crippen molar-refractivity contribution < 1.29 is 9.59 Å². The molecular formula is C11H23N3O2. The summed E-state index contributed by atoms with van der Waals surface area (Å²) < 4.78 is 0. The van der Waals surface area contributed by atoms with Gasteiger partial charge < -0.3 is 10.6 Å². The molecule has 0 aromatic rings. The third-order valence-electron chi connectivity index (χ3n) is 1.96. The van der Waals surface area contributed by atoms with E-state index in [0.29, 0.717) is 6.54 Å². The Bertz CT molecular complexity index is 229. The van der Waals surface area contributed by atoms with E-state index in [1.54, 1.807) is 6.92 Å². The second-order valence-electron chi connectivity index (χ2n) is 4.12. The third kappa shape index (κ3) is 7.23. The van der Waals surface area contributed by atoms with E-state index in [4.69, 9.17) is 0 Å². The summed E-state index contributed by atoms with van der Waals surface area (Å²) in [6.07, 6.45) is 0.909. The summed E-state index contributed by atoms with van der Waals surface area (Å²) in [7, 11) is 0. The highest BCUT2D eigenvalue weighted by atomic mass is 16.2. The van der Waals surface area contributed by atoms with E-state index in [9.17, 15) is 9.59 Å². The van der Waals surface area contributed by atoms with Crippen molar-refractivity contribution in [2.24, 2.45) is 0 Å². The van der Waals surface area contributed by atoms with Gasteiger partial charge in [0.15, 0.2) is 0 Å². The molecule has 5 nitrogen and oxygen atoms in total. The summed E-state index contributed by atoms with van der Waals surface area (Å²) in [6.45, 7) is 8.37. The molecule has 0 rings (SSSR count). The minimum Gasteiger partial charge on any atom is -0.355 e. The fourth-order valence-corrected chi connectivity index (χ4v) is 1.11. The monoisotopic (exact) mass is 229 g/mol. The van der Waals surface area contributed by atoms with Crippen molar-refractivity contribution in [1.82, 2.24) is 16.0 Å². The molecule has 0 heterocycles. The Morgan fingerprint density at radius 3 is 2.31 bits per heavy atom. The van der Waals surface area contributed by atoms with Crippen molar-refractivity contribution in [2.75, 3.05) is 13.1 Å². The molecule has 16 heavy (non-hydrogen) atoms. The second-order valence-corrected chi connectivity index (χ2v) is 4.12. The highest BCUT2D eigenvalue weighted by Gasteiger charge is 2.12. The first-order chi connectivity index (χ1) is 7.47. The molecule has 0 aliphatic rings. The van der Waals surface area contributed by atoms with Crippen LogP contribution in [0.4, 0.5) is 0 Å². The van der Waals surface area contributed by atoms with Crippen LogP contribution in [0.1, 0.15) is 34.1 Å². The largest absolute Gasteiger partial charge is 0.355 e. The zero-order valence-corrected chi connectivity index (χ0v) is 10.6. The van der Waals surface area contributed by atoms with Crippen molar-refractivity contribution in [2.45, 2.75) is 46.2 Å². The standard InChI is InChI=1S/C11H23N3O2/c1-5-6-12-11(16)9(4)13-7-10(15)14-8(2)3/h8-9,13H,5-7H2,1-4H3,(H,12,16)(H,14,15). The highest BCUT2D eigenvalue weighted by molar-refractivity contribution is 5.83. The first-order valence-corrected chi connectivity index (χ1v) is 5.77. The van der Waals surface area contributed by atoms with E-state index >= 15 is 0 Å². The van der Waals surface area contributed by atoms with Crippen LogP contribution in [-0.4, -0.2) is 37.0 Å². The van der Waals surface area contributed by atoms with Crippen LogP contribution < -0.4 is 16.0 Å². The van der Waals surface area contributed by atoms with Crippen LogP contribution in [-0.2, 0) is 9.59 Å². The lowest BCUT2D eigenvalue weighted by molar-refractivity contribution is -0.123. The molecule has 0 saturated carbocycles. The number of hydrogen-bond donors (Lipinski definition) is 3. The smallest absolute Gasteiger partial charge is 0.236 e. The van der Waals surface area contributed by atoms with E-state index in [-0.39, 0.29) is 30.4 Å². The molecule has 0 fully saturated rings. The van der Waals surface area contributed by atoms with E-state index in [2.05, 4.69) is 16.0 Å². The molecule has 0 spiro atoms. The van der Waals surface area contributed by atoms with Gasteiger partial charge in [-0.25, -0.2) is 0 Å². The molecule has 1 atom stereocenters. The van der Waals surface area contributed by atoms with Gasteiger partial charge in [0, 0.05) is 12.6 Å². The molecule has 0 saturated heterocycles. The fourth-order valence-electron chi connectivity index (χ4n) is 1.11. The van der Waals surface area contributed by atoms with Crippen LogP contribution in [0.3, 0.4) is 0 Å². The highest BCUT2D eigenvalue weighted by Crippen LogP contribution is 1.83. The number of nitrogens with one attached hydrogen (secondary N) is 3. The Morgan fingerprint density at radius 2 is 1.81 bits per heavy atom. The number of carbonyl (C=O) groups excluding carboxylic acids is 2. The second kappa shape index (κ2) is 8.10. The average Bonchev–Trinajstić information content (AvgIpc) is 2.21. The van der Waals surface area contributed by atoms with Crippen LogP contribution in [0.5, 0.6) is 0 Å². The van der Waals surface area contributed by atoms with Gasteiger partial charge in [0.05, 0.1) is 12.6 Å². The van der Waals surface area contributed by atoms with E-state index < -0.39 is 0 Å². The molecule has 1 unspecified atom stereocenters. The molecule has 0 aromatic carbocycles. The zero-order valence-electron chi connectivity index (χ0n) is 10.6. The summed E-state index contributed by atoms with van der Waals surface area (Å²) in [5.41, 5.74) is 0. The number of rotatable bonds is 7. The summed E-state index contributed by atoms with van der Waals surface area (Å²) in [6, 6.07) is -0.219. The number of hydrogen-bond acceptors (Lipinski definition) is 3. The maximum atomic E-state index is 11.4. The van der Waals surface area contributed by atoms with Gasteiger partial charge in [-0.15, -0.1) is 0 Å². The lowest BCUT2D eigenvalue weighted by Crippen LogP contribution is -2.47. The van der Waals surface area contributed by atoms with Gasteiger partial charge >= 0.3 is 0 Å². The van der Waals surface area contributed by atoms with Crippen molar-refractivity contribution in [3.8, 4) is 0 Å². The predicted octanol–water partition coefficient (Wildman–Crippen LogP) is 0.0153. The van der Waals surface area contributed by atoms with Gasteiger partial charge in [-0.2, -0.15) is 0 Å². The quantitative estimate of drug-likeness (QED) is 0.576. The van der Waals surface area contributed by atoms with Gasteiger partial charge in [0.25, 0.3) is 0 Å². The first-order valence-electron chi connectivity index (χ1n) is 5.77. The Labute approximate surface area is 97.4 Å². The first kappa shape index (κ1) is 14.9. The molecule has 0 aliphatic heterocycles. The minimum absolute atomic E-state index is 0.0702. The molecule has 2 amide bonds. The Kier molecular flexibility index (Phi) is 7.54. The van der Waals surface area contributed by atoms with Crippen molar-refractivity contribution in [3.63, 3.8) is 0 Å². The molecule has 3 N–H and O–H groups in total. The maximum Gasteiger partial charge on any atom is 0.236 e.